The molecule has 0 aromatic carbocycles. The Morgan fingerprint density at radius 2 is 2.22 bits per heavy atom. The fraction of sp³-hybridized carbons (Fsp3) is 0.615. The second kappa shape index (κ2) is 5.45. The van der Waals surface area contributed by atoms with Crippen molar-refractivity contribution in [1.82, 2.24) is 19.7 Å². The monoisotopic (exact) mass is 343 g/mol. The van der Waals surface area contributed by atoms with Crippen LogP contribution in [0.5, 0.6) is 0 Å². The van der Waals surface area contributed by atoms with E-state index >= 15 is 0 Å². The predicted molar refractivity (Wildman–Crippen MR) is 82.9 cm³/mol. The summed E-state index contributed by atoms with van der Waals surface area (Å²) < 4.78 is 12.9. The average Bonchev–Trinajstić information content (AvgIpc) is 2.88. The molecule has 1 fully saturated rings. The number of nitrogen functional groups attached to an aromatic ring is 1. The fourth-order valence-corrected chi connectivity index (χ4v) is 2.93. The molecule has 1 aliphatic heterocycles. The first-order valence-electron chi connectivity index (χ1n) is 7.14. The quantitative estimate of drug-likeness (QED) is 0.554. The highest BCUT2D eigenvalue weighted by Crippen LogP contribution is 2.34. The molecule has 4 N–H and O–H groups in total. The highest BCUT2D eigenvalue weighted by Gasteiger charge is 2.39. The molecule has 3 atom stereocenters. The lowest BCUT2D eigenvalue weighted by molar-refractivity contribution is -0.223. The van der Waals surface area contributed by atoms with Crippen LogP contribution in [0, 0.1) is 0 Å². The van der Waals surface area contributed by atoms with Crippen LogP contribution in [0.1, 0.15) is 33.4 Å². The number of hydrogen-bond acceptors (Lipinski definition) is 7. The lowest BCUT2D eigenvalue weighted by Gasteiger charge is -2.27. The van der Waals surface area contributed by atoms with Crippen molar-refractivity contribution in [2.75, 3.05) is 5.73 Å². The Bertz CT molecular complexity index is 796. The van der Waals surface area contributed by atoms with Crippen molar-refractivity contribution in [3.8, 4) is 0 Å². The summed E-state index contributed by atoms with van der Waals surface area (Å²) in [5, 5.41) is 12.6. The third-order valence-electron chi connectivity index (χ3n) is 3.52. The lowest BCUT2D eigenvalue weighted by atomic mass is 10.2. The van der Waals surface area contributed by atoms with E-state index in [2.05, 4.69) is 15.1 Å². The molecule has 0 aliphatic carbocycles. The largest absolute Gasteiger partial charge is 0.383 e. The van der Waals surface area contributed by atoms with Gasteiger partial charge in [0.2, 0.25) is 5.28 Å². The summed E-state index contributed by atoms with van der Waals surface area (Å²) in [5.74, 6) is -1.35. The SMILES string of the molecule is C[C@@H]1CC(OC(C)(C)O)[C@H](n2[nH]c(=O)c3c(N)nc(Cl)nc32)O1. The van der Waals surface area contributed by atoms with E-state index in [0.29, 0.717) is 6.42 Å². The van der Waals surface area contributed by atoms with Crippen LogP contribution in [-0.4, -0.2) is 42.9 Å². The maximum absolute atomic E-state index is 12.1. The summed E-state index contributed by atoms with van der Waals surface area (Å²) in [5.41, 5.74) is 5.54. The summed E-state index contributed by atoms with van der Waals surface area (Å²) in [7, 11) is 0. The third kappa shape index (κ3) is 3.05. The Morgan fingerprint density at radius 3 is 2.87 bits per heavy atom. The number of rotatable bonds is 3. The molecule has 0 radical (unpaired) electrons. The first kappa shape index (κ1) is 16.2. The molecule has 0 bridgehead atoms. The highest BCUT2D eigenvalue weighted by molar-refractivity contribution is 6.28. The van der Waals surface area contributed by atoms with Crippen LogP contribution < -0.4 is 11.3 Å². The second-order valence-electron chi connectivity index (χ2n) is 6.06. The number of aromatic nitrogens is 4. The van der Waals surface area contributed by atoms with Gasteiger partial charge in [-0.1, -0.05) is 0 Å². The highest BCUT2D eigenvalue weighted by atomic mass is 35.5. The number of nitrogens with zero attached hydrogens (tertiary/aromatic N) is 3. The van der Waals surface area contributed by atoms with E-state index in [1.165, 1.54) is 18.5 Å². The van der Waals surface area contributed by atoms with Gasteiger partial charge in [-0.15, -0.1) is 0 Å². The normalized spacial score (nSPS) is 25.3. The Balaban J connectivity index is 2.10. The molecule has 1 saturated heterocycles. The zero-order valence-corrected chi connectivity index (χ0v) is 13.7. The summed E-state index contributed by atoms with van der Waals surface area (Å²) in [4.78, 5) is 20.0. The van der Waals surface area contributed by atoms with Gasteiger partial charge in [0.15, 0.2) is 17.7 Å². The first-order chi connectivity index (χ1) is 10.7. The van der Waals surface area contributed by atoms with Crippen LogP contribution in [0.4, 0.5) is 5.82 Å². The molecule has 9 nitrogen and oxygen atoms in total. The third-order valence-corrected chi connectivity index (χ3v) is 3.69. The van der Waals surface area contributed by atoms with Crippen LogP contribution in [-0.2, 0) is 9.47 Å². The average molecular weight is 344 g/mol. The molecule has 0 saturated carbocycles. The van der Waals surface area contributed by atoms with E-state index in [9.17, 15) is 9.90 Å². The minimum absolute atomic E-state index is 0.00833. The Kier molecular flexibility index (Phi) is 3.83. The minimum Gasteiger partial charge on any atom is -0.383 e. The molecule has 23 heavy (non-hydrogen) atoms. The number of aliphatic hydroxyl groups is 1. The lowest BCUT2D eigenvalue weighted by Crippen LogP contribution is -2.34. The fourth-order valence-electron chi connectivity index (χ4n) is 2.76. The summed E-state index contributed by atoms with van der Waals surface area (Å²) in [6, 6.07) is 0. The van der Waals surface area contributed by atoms with Gasteiger partial charge in [-0.2, -0.15) is 4.98 Å². The number of halogens is 1. The van der Waals surface area contributed by atoms with Gasteiger partial charge in [0.05, 0.1) is 6.10 Å². The Labute approximate surface area is 136 Å². The molecule has 0 spiro atoms. The van der Waals surface area contributed by atoms with Gasteiger partial charge in [-0.3, -0.25) is 9.89 Å². The molecule has 3 rings (SSSR count). The zero-order valence-electron chi connectivity index (χ0n) is 12.9. The van der Waals surface area contributed by atoms with Gasteiger partial charge in [0.25, 0.3) is 5.56 Å². The molecule has 126 valence electrons. The Hall–Kier alpha value is -1.68. The van der Waals surface area contributed by atoms with Crippen molar-refractivity contribution in [2.24, 2.45) is 0 Å². The minimum atomic E-state index is -1.34. The van der Waals surface area contributed by atoms with Gasteiger partial charge < -0.3 is 20.3 Å². The van der Waals surface area contributed by atoms with Crippen molar-refractivity contribution < 1.29 is 14.6 Å². The van der Waals surface area contributed by atoms with Gasteiger partial charge in [0.1, 0.15) is 17.3 Å². The molecule has 1 aliphatic rings. The predicted octanol–water partition coefficient (Wildman–Crippen LogP) is 0.776. The van der Waals surface area contributed by atoms with Crippen LogP contribution >= 0.6 is 11.6 Å². The molecule has 2 aromatic heterocycles. The van der Waals surface area contributed by atoms with Crippen LogP contribution in [0.25, 0.3) is 11.0 Å². The van der Waals surface area contributed by atoms with Crippen LogP contribution in [0.3, 0.4) is 0 Å². The summed E-state index contributed by atoms with van der Waals surface area (Å²) in [6.07, 6.45) is -0.730. The molecular weight excluding hydrogens is 326 g/mol. The topological polar surface area (TPSA) is 128 Å². The second-order valence-corrected chi connectivity index (χ2v) is 6.40. The summed E-state index contributed by atoms with van der Waals surface area (Å²) in [6.45, 7) is 4.93. The van der Waals surface area contributed by atoms with Crippen molar-refractivity contribution in [3.05, 3.63) is 15.6 Å². The maximum Gasteiger partial charge on any atom is 0.277 e. The summed E-state index contributed by atoms with van der Waals surface area (Å²) >= 11 is 5.84. The number of hydrogen-bond donors (Lipinski definition) is 3. The number of nitrogens with two attached hydrogens (primary N) is 1. The van der Waals surface area contributed by atoms with Crippen molar-refractivity contribution in [2.45, 2.75) is 51.4 Å². The van der Waals surface area contributed by atoms with Crippen molar-refractivity contribution in [1.29, 1.82) is 0 Å². The van der Waals surface area contributed by atoms with E-state index in [1.54, 1.807) is 0 Å². The van der Waals surface area contributed by atoms with Gasteiger partial charge in [0, 0.05) is 6.42 Å². The van der Waals surface area contributed by atoms with Gasteiger partial charge in [-0.25, -0.2) is 9.67 Å². The molecular formula is C13H18ClN5O4. The smallest absolute Gasteiger partial charge is 0.277 e. The van der Waals surface area contributed by atoms with E-state index in [4.69, 9.17) is 26.8 Å². The van der Waals surface area contributed by atoms with E-state index in [0.717, 1.165) is 0 Å². The van der Waals surface area contributed by atoms with Crippen LogP contribution in [0.15, 0.2) is 4.79 Å². The van der Waals surface area contributed by atoms with Gasteiger partial charge in [-0.05, 0) is 32.4 Å². The number of aromatic amines is 1. The number of fused-ring (bicyclic) bond motifs is 1. The van der Waals surface area contributed by atoms with E-state index in [1.807, 2.05) is 6.92 Å². The first-order valence-corrected chi connectivity index (χ1v) is 7.52. The number of ether oxygens (including phenoxy) is 2. The standard InChI is InChI=1S/C13H18ClN5O4/c1-5-4-6(23-13(2,3)21)11(22-5)19-9-7(10(20)18-19)8(15)16-12(14)17-9/h5-6,11,21H,4H2,1-3H3,(H,18,20)(H2,15,16,17)/t5-,6?,11-/m1/s1. The van der Waals surface area contributed by atoms with Crippen LogP contribution in [0.2, 0.25) is 5.28 Å². The molecule has 2 aromatic rings. The van der Waals surface area contributed by atoms with Gasteiger partial charge >= 0.3 is 0 Å². The van der Waals surface area contributed by atoms with E-state index < -0.39 is 23.7 Å². The molecule has 0 amide bonds. The van der Waals surface area contributed by atoms with Crippen molar-refractivity contribution in [3.63, 3.8) is 0 Å². The zero-order chi connectivity index (χ0) is 16.9. The number of nitrogens with one attached hydrogen (secondary N) is 1. The van der Waals surface area contributed by atoms with Crippen molar-refractivity contribution >= 4 is 28.5 Å². The number of anilines is 1. The maximum atomic E-state index is 12.1. The molecule has 1 unspecified atom stereocenters. The van der Waals surface area contributed by atoms with E-state index in [-0.39, 0.29) is 28.2 Å². The molecule has 10 heteroatoms. The molecule has 3 heterocycles. The number of H-pyrrole nitrogens is 1. The Morgan fingerprint density at radius 1 is 1.52 bits per heavy atom.